The highest BCUT2D eigenvalue weighted by molar-refractivity contribution is 6.05. The third-order valence-electron chi connectivity index (χ3n) is 5.89. The SMILES string of the molecule is C[C@@H]1C(=O)N2CCCc3nc(NCc4ccc(Oc5cnc(C(F)(F)F)nc5)nc4)nc(c32)N1C. The number of ether oxygens (including phenoxy) is 1. The Labute approximate surface area is 198 Å². The molecule has 5 rings (SSSR count). The fourth-order valence-corrected chi connectivity index (χ4v) is 3.97. The Morgan fingerprint density at radius 1 is 1.14 bits per heavy atom. The topological polar surface area (TPSA) is 109 Å². The molecule has 2 aliphatic heterocycles. The number of likely N-dealkylation sites (N-methyl/N-ethyl adjacent to an activating group) is 1. The molecule has 0 bridgehead atoms. The van der Waals surface area contributed by atoms with Crippen molar-refractivity contribution in [1.82, 2.24) is 24.9 Å². The monoisotopic (exact) mass is 486 g/mol. The minimum Gasteiger partial charge on any atom is -0.436 e. The molecule has 2 aliphatic rings. The van der Waals surface area contributed by atoms with Gasteiger partial charge >= 0.3 is 6.18 Å². The molecule has 182 valence electrons. The molecule has 3 aromatic rings. The highest BCUT2D eigenvalue weighted by Gasteiger charge is 2.39. The van der Waals surface area contributed by atoms with Gasteiger partial charge in [-0.05, 0) is 25.3 Å². The van der Waals surface area contributed by atoms with Gasteiger partial charge in [0.15, 0.2) is 11.6 Å². The van der Waals surface area contributed by atoms with E-state index in [1.54, 1.807) is 23.2 Å². The number of alkyl halides is 3. The molecule has 3 aromatic heterocycles. The smallest absolute Gasteiger partial charge is 0.436 e. The number of hydrogen-bond acceptors (Lipinski definition) is 9. The number of amides is 1. The maximum absolute atomic E-state index is 12.7. The first-order valence-electron chi connectivity index (χ1n) is 10.9. The lowest BCUT2D eigenvalue weighted by Crippen LogP contribution is -2.53. The summed E-state index contributed by atoms with van der Waals surface area (Å²) in [6, 6.07) is 3.05. The van der Waals surface area contributed by atoms with E-state index in [9.17, 15) is 18.0 Å². The predicted molar refractivity (Wildman–Crippen MR) is 119 cm³/mol. The molecule has 13 heteroatoms. The molecular formula is C22H21F3N8O2. The number of aromatic nitrogens is 5. The lowest BCUT2D eigenvalue weighted by atomic mass is 10.0. The summed E-state index contributed by atoms with van der Waals surface area (Å²) in [5, 5.41) is 3.20. The van der Waals surface area contributed by atoms with Gasteiger partial charge in [-0.3, -0.25) is 4.79 Å². The second kappa shape index (κ2) is 8.64. The maximum Gasteiger partial charge on any atom is 0.451 e. The zero-order valence-electron chi connectivity index (χ0n) is 18.9. The highest BCUT2D eigenvalue weighted by Crippen LogP contribution is 2.39. The minimum absolute atomic E-state index is 0.0404. The summed E-state index contributed by atoms with van der Waals surface area (Å²) in [6.45, 7) is 2.92. The Hall–Kier alpha value is -4.03. The Kier molecular flexibility index (Phi) is 5.61. The summed E-state index contributed by atoms with van der Waals surface area (Å²) in [5.41, 5.74) is 2.45. The van der Waals surface area contributed by atoms with E-state index in [-0.39, 0.29) is 23.6 Å². The third kappa shape index (κ3) is 4.40. The van der Waals surface area contributed by atoms with Crippen molar-refractivity contribution >= 4 is 23.4 Å². The van der Waals surface area contributed by atoms with Crippen molar-refractivity contribution in [1.29, 1.82) is 0 Å². The van der Waals surface area contributed by atoms with E-state index < -0.39 is 12.0 Å². The van der Waals surface area contributed by atoms with Crippen LogP contribution in [0.25, 0.3) is 0 Å². The largest absolute Gasteiger partial charge is 0.451 e. The van der Waals surface area contributed by atoms with Crippen molar-refractivity contribution in [2.24, 2.45) is 0 Å². The van der Waals surface area contributed by atoms with Crippen LogP contribution in [0.4, 0.5) is 30.6 Å². The Morgan fingerprint density at radius 2 is 1.91 bits per heavy atom. The van der Waals surface area contributed by atoms with Crippen molar-refractivity contribution < 1.29 is 22.7 Å². The first-order valence-corrected chi connectivity index (χ1v) is 10.9. The van der Waals surface area contributed by atoms with Gasteiger partial charge in [-0.2, -0.15) is 18.2 Å². The van der Waals surface area contributed by atoms with Gasteiger partial charge in [0.25, 0.3) is 0 Å². The second-order valence-electron chi connectivity index (χ2n) is 8.25. The van der Waals surface area contributed by atoms with Crippen molar-refractivity contribution in [3.8, 4) is 11.6 Å². The number of halogens is 3. The van der Waals surface area contributed by atoms with E-state index >= 15 is 0 Å². The molecule has 1 atom stereocenters. The highest BCUT2D eigenvalue weighted by atomic mass is 19.4. The first-order chi connectivity index (χ1) is 16.7. The zero-order valence-corrected chi connectivity index (χ0v) is 18.9. The van der Waals surface area contributed by atoms with E-state index in [1.807, 2.05) is 18.9 Å². The summed E-state index contributed by atoms with van der Waals surface area (Å²) in [7, 11) is 1.85. The molecule has 1 amide bonds. The van der Waals surface area contributed by atoms with E-state index in [4.69, 9.17) is 4.74 Å². The predicted octanol–water partition coefficient (Wildman–Crippen LogP) is 3.20. The van der Waals surface area contributed by atoms with E-state index in [1.165, 1.54) is 0 Å². The van der Waals surface area contributed by atoms with Crippen LogP contribution in [0.15, 0.2) is 30.7 Å². The van der Waals surface area contributed by atoms with Crippen LogP contribution in [0, 0.1) is 0 Å². The lowest BCUT2D eigenvalue weighted by Gasteiger charge is -2.41. The fraction of sp³-hybridized carbons (Fsp3) is 0.364. The zero-order chi connectivity index (χ0) is 24.7. The molecule has 0 aliphatic carbocycles. The van der Waals surface area contributed by atoms with Gasteiger partial charge < -0.3 is 19.9 Å². The van der Waals surface area contributed by atoms with Gasteiger partial charge in [-0.1, -0.05) is 6.07 Å². The number of carbonyl (C=O) groups is 1. The Balaban J connectivity index is 1.26. The standard InChI is InChI=1S/C22H21F3N8O2/c1-12-19(34)33-7-3-4-15-17(33)18(32(12)2)31-21(30-15)29-9-13-5-6-16(26-8-13)35-14-10-27-20(28-11-14)22(23,24)25/h5-6,8,10-12H,3-4,7,9H2,1-2H3,(H,29,30,31)/t12-/m1/s1. The van der Waals surface area contributed by atoms with Crippen LogP contribution < -0.4 is 19.9 Å². The quantitative estimate of drug-likeness (QED) is 0.581. The molecule has 0 fully saturated rings. The number of pyridine rings is 1. The minimum atomic E-state index is -4.62. The summed E-state index contributed by atoms with van der Waals surface area (Å²) in [6.07, 6.45) is 0.464. The average Bonchev–Trinajstić information content (AvgIpc) is 2.85. The van der Waals surface area contributed by atoms with Gasteiger partial charge in [-0.15, -0.1) is 0 Å². The third-order valence-corrected chi connectivity index (χ3v) is 5.89. The normalized spacial score (nSPS) is 17.3. The van der Waals surface area contributed by atoms with Crippen molar-refractivity contribution in [2.75, 3.05) is 28.7 Å². The molecule has 0 saturated heterocycles. The number of anilines is 3. The molecule has 1 N–H and O–H groups in total. The molecular weight excluding hydrogens is 465 g/mol. The van der Waals surface area contributed by atoms with Crippen LogP contribution in [0.5, 0.6) is 11.6 Å². The molecule has 0 radical (unpaired) electrons. The van der Waals surface area contributed by atoms with Crippen LogP contribution in [0.2, 0.25) is 0 Å². The molecule has 0 saturated carbocycles. The molecule has 5 heterocycles. The van der Waals surface area contributed by atoms with E-state index in [2.05, 4.69) is 30.2 Å². The summed E-state index contributed by atoms with van der Waals surface area (Å²) >= 11 is 0. The first kappa shape index (κ1) is 22.7. The lowest BCUT2D eigenvalue weighted by molar-refractivity contribution is -0.145. The van der Waals surface area contributed by atoms with Crippen molar-refractivity contribution in [3.05, 3.63) is 47.8 Å². The Bertz CT molecular complexity index is 1250. The Morgan fingerprint density at radius 3 is 2.60 bits per heavy atom. The van der Waals surface area contributed by atoms with Crippen LogP contribution in [-0.4, -0.2) is 50.5 Å². The molecule has 0 spiro atoms. The van der Waals surface area contributed by atoms with E-state index in [0.29, 0.717) is 19.0 Å². The average molecular weight is 486 g/mol. The van der Waals surface area contributed by atoms with Gasteiger partial charge in [0, 0.05) is 32.4 Å². The molecule has 35 heavy (non-hydrogen) atoms. The molecule has 0 aromatic carbocycles. The summed E-state index contributed by atoms with van der Waals surface area (Å²) in [4.78, 5) is 36.3. The van der Waals surface area contributed by atoms with Crippen molar-refractivity contribution in [2.45, 2.75) is 38.5 Å². The number of nitrogens with one attached hydrogen (secondary N) is 1. The van der Waals surface area contributed by atoms with Crippen LogP contribution in [0.3, 0.4) is 0 Å². The van der Waals surface area contributed by atoms with Crippen LogP contribution in [-0.2, 0) is 23.9 Å². The van der Waals surface area contributed by atoms with E-state index in [0.717, 1.165) is 48.0 Å². The number of hydrogen-bond donors (Lipinski definition) is 1. The summed E-state index contributed by atoms with van der Waals surface area (Å²) in [5.74, 6) is 0.228. The fourth-order valence-electron chi connectivity index (χ4n) is 3.97. The van der Waals surface area contributed by atoms with Crippen molar-refractivity contribution in [3.63, 3.8) is 0 Å². The maximum atomic E-state index is 12.7. The van der Waals surface area contributed by atoms with Crippen LogP contribution >= 0.6 is 0 Å². The van der Waals surface area contributed by atoms with Gasteiger partial charge in [0.2, 0.25) is 23.6 Å². The molecule has 10 nitrogen and oxygen atoms in total. The number of nitrogens with zero attached hydrogens (tertiary/aromatic N) is 7. The second-order valence-corrected chi connectivity index (χ2v) is 8.25. The molecule has 0 unspecified atom stereocenters. The van der Waals surface area contributed by atoms with Gasteiger partial charge in [0.1, 0.15) is 11.7 Å². The van der Waals surface area contributed by atoms with Gasteiger partial charge in [0.05, 0.1) is 18.1 Å². The number of carbonyl (C=O) groups excluding carboxylic acids is 1. The van der Waals surface area contributed by atoms with Crippen LogP contribution in [0.1, 0.15) is 30.4 Å². The number of aryl methyl sites for hydroxylation is 1. The number of rotatable bonds is 5. The van der Waals surface area contributed by atoms with Gasteiger partial charge in [-0.25, -0.2) is 19.9 Å². The summed E-state index contributed by atoms with van der Waals surface area (Å²) < 4.78 is 43.1.